The Balaban J connectivity index is 1.24. The van der Waals surface area contributed by atoms with Crippen LogP contribution in [0.4, 0.5) is 13.2 Å². The quantitative estimate of drug-likeness (QED) is 0.566. The highest BCUT2D eigenvalue weighted by molar-refractivity contribution is 7.13. The van der Waals surface area contributed by atoms with Gasteiger partial charge in [-0.05, 0) is 23.1 Å². The molecule has 0 bridgehead atoms. The van der Waals surface area contributed by atoms with E-state index in [1.165, 1.54) is 23.5 Å². The highest BCUT2D eigenvalue weighted by atomic mass is 32.1. The third-order valence-corrected chi connectivity index (χ3v) is 6.01. The van der Waals surface area contributed by atoms with Crippen LogP contribution in [0.3, 0.4) is 0 Å². The van der Waals surface area contributed by atoms with Crippen molar-refractivity contribution in [3.05, 3.63) is 58.8 Å². The average molecular weight is 450 g/mol. The molecule has 0 N–H and O–H groups in total. The van der Waals surface area contributed by atoms with Gasteiger partial charge in [-0.15, -0.1) is 11.3 Å². The van der Waals surface area contributed by atoms with E-state index in [1.54, 1.807) is 11.0 Å². The number of thiophene rings is 1. The van der Waals surface area contributed by atoms with Crippen LogP contribution >= 0.6 is 11.3 Å². The Morgan fingerprint density at radius 2 is 1.94 bits per heavy atom. The molecule has 4 rings (SSSR count). The van der Waals surface area contributed by atoms with Crippen molar-refractivity contribution in [2.24, 2.45) is 0 Å². The van der Waals surface area contributed by atoms with Crippen LogP contribution in [0.2, 0.25) is 0 Å². The lowest BCUT2D eigenvalue weighted by Crippen LogP contribution is -2.48. The fourth-order valence-corrected chi connectivity index (χ4v) is 4.14. The van der Waals surface area contributed by atoms with E-state index >= 15 is 0 Å². The van der Waals surface area contributed by atoms with Crippen LogP contribution in [-0.2, 0) is 23.9 Å². The smallest absolute Gasteiger partial charge is 0.340 e. The standard InChI is InChI=1S/C21H21F3N4O2S/c22-21(23,24)16-4-1-3-15(13-16)14-27-8-10-28(11-9-27)19(29)7-6-18-25-20(26-30-18)17-5-2-12-31-17/h1-5,12-13H,6-11,14H2. The monoisotopic (exact) mass is 450 g/mol. The summed E-state index contributed by atoms with van der Waals surface area (Å²) < 4.78 is 43.9. The molecule has 3 heterocycles. The van der Waals surface area contributed by atoms with Gasteiger partial charge in [0.2, 0.25) is 17.6 Å². The van der Waals surface area contributed by atoms with Crippen LogP contribution < -0.4 is 0 Å². The molecule has 1 amide bonds. The van der Waals surface area contributed by atoms with Crippen molar-refractivity contribution in [2.45, 2.75) is 25.6 Å². The Labute approximate surface area is 181 Å². The molecule has 1 aliphatic rings. The number of halogens is 3. The van der Waals surface area contributed by atoms with Crippen molar-refractivity contribution in [3.63, 3.8) is 0 Å². The van der Waals surface area contributed by atoms with Gasteiger partial charge in [0, 0.05) is 45.6 Å². The van der Waals surface area contributed by atoms with Crippen LogP contribution in [0.15, 0.2) is 46.3 Å². The maximum atomic E-state index is 12.9. The summed E-state index contributed by atoms with van der Waals surface area (Å²) >= 11 is 1.52. The van der Waals surface area contributed by atoms with Gasteiger partial charge in [0.15, 0.2) is 0 Å². The molecule has 10 heteroatoms. The summed E-state index contributed by atoms with van der Waals surface area (Å²) in [7, 11) is 0. The zero-order valence-corrected chi connectivity index (χ0v) is 17.5. The molecular weight excluding hydrogens is 429 g/mol. The summed E-state index contributed by atoms with van der Waals surface area (Å²) in [6.45, 7) is 2.75. The number of rotatable bonds is 6. The SMILES string of the molecule is O=C(CCc1nc(-c2cccs2)no1)N1CCN(Cc2cccc(C(F)(F)F)c2)CC1. The molecule has 31 heavy (non-hydrogen) atoms. The first kappa shape index (κ1) is 21.5. The molecule has 0 atom stereocenters. The van der Waals surface area contributed by atoms with Crippen LogP contribution in [0.25, 0.3) is 10.7 Å². The number of alkyl halides is 3. The lowest BCUT2D eigenvalue weighted by Gasteiger charge is -2.34. The largest absolute Gasteiger partial charge is 0.416 e. The number of carbonyl (C=O) groups is 1. The summed E-state index contributed by atoms with van der Waals surface area (Å²) in [5.74, 6) is 0.968. The van der Waals surface area contributed by atoms with Gasteiger partial charge >= 0.3 is 6.18 Å². The van der Waals surface area contributed by atoms with E-state index in [0.717, 1.165) is 10.9 Å². The summed E-state index contributed by atoms with van der Waals surface area (Å²) in [4.78, 5) is 21.6. The molecule has 1 saturated heterocycles. The van der Waals surface area contributed by atoms with Crippen molar-refractivity contribution >= 4 is 17.2 Å². The second-order valence-electron chi connectivity index (χ2n) is 7.34. The van der Waals surface area contributed by atoms with E-state index in [2.05, 4.69) is 15.0 Å². The predicted molar refractivity (Wildman–Crippen MR) is 109 cm³/mol. The van der Waals surface area contributed by atoms with E-state index < -0.39 is 11.7 Å². The van der Waals surface area contributed by atoms with Crippen molar-refractivity contribution in [2.75, 3.05) is 26.2 Å². The molecule has 0 spiro atoms. The number of carbonyl (C=O) groups excluding carboxylic acids is 1. The maximum absolute atomic E-state index is 12.9. The summed E-state index contributed by atoms with van der Waals surface area (Å²) in [6, 6.07) is 9.20. The molecule has 0 unspecified atom stereocenters. The summed E-state index contributed by atoms with van der Waals surface area (Å²) in [5, 5.41) is 5.87. The molecule has 0 aliphatic carbocycles. The molecule has 1 aliphatic heterocycles. The predicted octanol–water partition coefficient (Wildman–Crippen LogP) is 4.09. The van der Waals surface area contributed by atoms with Gasteiger partial charge in [-0.25, -0.2) is 0 Å². The molecule has 1 aromatic carbocycles. The van der Waals surface area contributed by atoms with Gasteiger partial charge in [-0.2, -0.15) is 18.2 Å². The van der Waals surface area contributed by atoms with Crippen molar-refractivity contribution in [3.8, 4) is 10.7 Å². The minimum absolute atomic E-state index is 0.00888. The van der Waals surface area contributed by atoms with Gasteiger partial charge in [-0.1, -0.05) is 29.4 Å². The fraction of sp³-hybridized carbons (Fsp3) is 0.381. The number of hydrogen-bond donors (Lipinski definition) is 0. The van der Waals surface area contributed by atoms with Gasteiger partial charge in [0.25, 0.3) is 0 Å². The third-order valence-electron chi connectivity index (χ3n) is 5.15. The van der Waals surface area contributed by atoms with Crippen LogP contribution in [0.5, 0.6) is 0 Å². The average Bonchev–Trinajstić information content (AvgIpc) is 3.44. The second kappa shape index (κ2) is 9.19. The number of hydrogen-bond acceptors (Lipinski definition) is 6. The van der Waals surface area contributed by atoms with Crippen molar-refractivity contribution < 1.29 is 22.5 Å². The number of aromatic nitrogens is 2. The topological polar surface area (TPSA) is 62.5 Å². The Kier molecular flexibility index (Phi) is 6.38. The van der Waals surface area contributed by atoms with Gasteiger partial charge in [0.1, 0.15) is 0 Å². The molecule has 0 saturated carbocycles. The van der Waals surface area contributed by atoms with Crippen LogP contribution in [0, 0.1) is 0 Å². The lowest BCUT2D eigenvalue weighted by molar-refractivity contribution is -0.137. The van der Waals surface area contributed by atoms with Gasteiger partial charge < -0.3 is 9.42 Å². The number of benzene rings is 1. The molecule has 1 fully saturated rings. The Hall–Kier alpha value is -2.72. The third kappa shape index (κ3) is 5.50. The van der Waals surface area contributed by atoms with Crippen molar-refractivity contribution in [1.29, 1.82) is 0 Å². The number of aryl methyl sites for hydroxylation is 1. The Morgan fingerprint density at radius 1 is 1.13 bits per heavy atom. The maximum Gasteiger partial charge on any atom is 0.416 e. The van der Waals surface area contributed by atoms with E-state index in [0.29, 0.717) is 56.4 Å². The summed E-state index contributed by atoms with van der Waals surface area (Å²) in [5.41, 5.74) is -0.0189. The van der Waals surface area contributed by atoms with Crippen LogP contribution in [-0.4, -0.2) is 52.0 Å². The lowest BCUT2D eigenvalue weighted by atomic mass is 10.1. The number of amides is 1. The highest BCUT2D eigenvalue weighted by Gasteiger charge is 2.30. The van der Waals surface area contributed by atoms with Crippen LogP contribution in [0.1, 0.15) is 23.4 Å². The minimum atomic E-state index is -4.34. The highest BCUT2D eigenvalue weighted by Crippen LogP contribution is 2.30. The van der Waals surface area contributed by atoms with Gasteiger partial charge in [-0.3, -0.25) is 9.69 Å². The minimum Gasteiger partial charge on any atom is -0.340 e. The summed E-state index contributed by atoms with van der Waals surface area (Å²) in [6.07, 6.45) is -3.69. The first-order valence-electron chi connectivity index (χ1n) is 9.91. The molecule has 164 valence electrons. The van der Waals surface area contributed by atoms with E-state index in [9.17, 15) is 18.0 Å². The second-order valence-corrected chi connectivity index (χ2v) is 8.29. The van der Waals surface area contributed by atoms with E-state index in [1.807, 2.05) is 17.5 Å². The van der Waals surface area contributed by atoms with Gasteiger partial charge in [0.05, 0.1) is 10.4 Å². The van der Waals surface area contributed by atoms with E-state index in [4.69, 9.17) is 4.52 Å². The fourth-order valence-electron chi connectivity index (χ4n) is 3.49. The Morgan fingerprint density at radius 3 is 2.65 bits per heavy atom. The Bertz CT molecular complexity index is 1010. The normalized spacial score (nSPS) is 15.4. The molecular formula is C21H21F3N4O2S. The van der Waals surface area contributed by atoms with E-state index in [-0.39, 0.29) is 12.3 Å². The molecule has 3 aromatic rings. The number of piperazine rings is 1. The van der Waals surface area contributed by atoms with Crippen molar-refractivity contribution in [1.82, 2.24) is 19.9 Å². The molecule has 0 radical (unpaired) electrons. The molecule has 6 nitrogen and oxygen atoms in total. The molecule has 2 aromatic heterocycles. The number of nitrogens with zero attached hydrogens (tertiary/aromatic N) is 4. The zero-order chi connectivity index (χ0) is 21.8. The zero-order valence-electron chi connectivity index (χ0n) is 16.6. The first-order chi connectivity index (χ1) is 14.9. The first-order valence-corrected chi connectivity index (χ1v) is 10.8.